The quantitative estimate of drug-likeness (QED) is 0.162. The predicted octanol–water partition coefficient (Wildman–Crippen LogP) is 5.62. The van der Waals surface area contributed by atoms with Crippen molar-refractivity contribution in [3.8, 4) is 5.69 Å². The molecule has 0 amide bonds. The van der Waals surface area contributed by atoms with Gasteiger partial charge >= 0.3 is 0 Å². The third-order valence-electron chi connectivity index (χ3n) is 5.11. The molecule has 170 valence electrons. The number of halogens is 5. The van der Waals surface area contributed by atoms with Gasteiger partial charge < -0.3 is 0 Å². The summed E-state index contributed by atoms with van der Waals surface area (Å²) in [7, 11) is -1.49. The van der Waals surface area contributed by atoms with Gasteiger partial charge in [-0.3, -0.25) is 4.57 Å². The molecular formula is C25H20F5N2P. The summed E-state index contributed by atoms with van der Waals surface area (Å²) in [5.41, 5.74) is -0.918. The summed E-state index contributed by atoms with van der Waals surface area (Å²) in [4.78, 5) is 4.69. The lowest BCUT2D eigenvalue weighted by atomic mass is 9.93. The molecule has 4 rings (SSSR count). The zero-order valence-electron chi connectivity index (χ0n) is 18.1. The molecule has 0 atom stereocenters. The minimum absolute atomic E-state index is 0.204. The number of benzene rings is 3. The Kier molecular flexibility index (Phi) is 6.10. The molecule has 0 spiro atoms. The number of nitrogens with zero attached hydrogens (tertiary/aromatic N) is 2. The third-order valence-corrected chi connectivity index (χ3v) is 7.46. The lowest BCUT2D eigenvalue weighted by Gasteiger charge is -2.20. The third kappa shape index (κ3) is 4.18. The second-order valence-electron chi connectivity index (χ2n) is 8.47. The van der Waals surface area contributed by atoms with Gasteiger partial charge in [-0.15, -0.1) is 0 Å². The van der Waals surface area contributed by atoms with Gasteiger partial charge in [0.15, 0.2) is 23.3 Å². The van der Waals surface area contributed by atoms with E-state index in [0.29, 0.717) is 5.69 Å². The first-order valence-corrected chi connectivity index (χ1v) is 11.5. The van der Waals surface area contributed by atoms with Crippen LogP contribution in [-0.2, 0) is 5.41 Å². The molecule has 0 saturated carbocycles. The lowest BCUT2D eigenvalue weighted by molar-refractivity contribution is 0.376. The highest BCUT2D eigenvalue weighted by molar-refractivity contribution is 7.79. The van der Waals surface area contributed by atoms with Crippen molar-refractivity contribution >= 4 is 24.1 Å². The fourth-order valence-electron chi connectivity index (χ4n) is 3.39. The van der Waals surface area contributed by atoms with E-state index in [1.54, 1.807) is 0 Å². The second-order valence-corrected chi connectivity index (χ2v) is 10.6. The van der Waals surface area contributed by atoms with Crippen LogP contribution in [0, 0.1) is 29.1 Å². The van der Waals surface area contributed by atoms with E-state index in [1.807, 2.05) is 81.4 Å². The van der Waals surface area contributed by atoms with Crippen LogP contribution in [0.5, 0.6) is 0 Å². The van der Waals surface area contributed by atoms with Gasteiger partial charge in [-0.1, -0.05) is 81.4 Å². The van der Waals surface area contributed by atoms with Crippen LogP contribution in [0.4, 0.5) is 22.0 Å². The van der Waals surface area contributed by atoms with E-state index in [4.69, 9.17) is 4.98 Å². The topological polar surface area (TPSA) is 17.8 Å². The molecule has 0 aliphatic carbocycles. The maximum absolute atomic E-state index is 14.9. The summed E-state index contributed by atoms with van der Waals surface area (Å²) in [6, 6.07) is 18.4. The summed E-state index contributed by atoms with van der Waals surface area (Å²) in [6.45, 7) is 5.57. The van der Waals surface area contributed by atoms with E-state index in [2.05, 4.69) is 0 Å². The first-order valence-electron chi connectivity index (χ1n) is 10.1. The van der Waals surface area contributed by atoms with Gasteiger partial charge in [0, 0.05) is 19.5 Å². The monoisotopic (exact) mass is 474 g/mol. The van der Waals surface area contributed by atoms with Gasteiger partial charge in [0.2, 0.25) is 5.82 Å². The molecule has 1 heterocycles. The summed E-state index contributed by atoms with van der Waals surface area (Å²) < 4.78 is 72.8. The molecule has 0 saturated heterocycles. The average molecular weight is 474 g/mol. The summed E-state index contributed by atoms with van der Waals surface area (Å²) in [5.74, 6) is -9.99. The number of imidazole rings is 1. The van der Waals surface area contributed by atoms with E-state index in [0.717, 1.165) is 15.2 Å². The Morgan fingerprint density at radius 1 is 0.667 bits per heavy atom. The Bertz CT molecular complexity index is 1230. The number of rotatable bonds is 4. The van der Waals surface area contributed by atoms with Gasteiger partial charge in [-0.25, -0.2) is 26.9 Å². The molecule has 0 bridgehead atoms. The predicted molar refractivity (Wildman–Crippen MR) is 121 cm³/mol. The van der Waals surface area contributed by atoms with Gasteiger partial charge in [0.25, 0.3) is 0 Å². The molecule has 0 aliphatic heterocycles. The van der Waals surface area contributed by atoms with Crippen LogP contribution in [0.25, 0.3) is 5.69 Å². The maximum Gasteiger partial charge on any atom is 0.200 e. The SMILES string of the molecule is CC(C)(C)c1cn(-c2c(F)c(F)c(F)c(F)c2F)c(P(c2ccccc2)c2ccccc2)n1. The summed E-state index contributed by atoms with van der Waals surface area (Å²) in [6.07, 6.45) is 1.36. The van der Waals surface area contributed by atoms with Crippen LogP contribution in [0.1, 0.15) is 26.5 Å². The van der Waals surface area contributed by atoms with Crippen molar-refractivity contribution in [2.45, 2.75) is 26.2 Å². The van der Waals surface area contributed by atoms with Crippen LogP contribution in [0.2, 0.25) is 0 Å². The number of hydrogen-bond donors (Lipinski definition) is 0. The minimum atomic E-state index is -2.19. The Labute approximate surface area is 189 Å². The molecule has 3 aromatic carbocycles. The first-order chi connectivity index (χ1) is 15.6. The van der Waals surface area contributed by atoms with Crippen LogP contribution < -0.4 is 16.2 Å². The standard InChI is InChI=1S/C25H20F5N2P/c1-25(2,3)17-14-32(23-21(29)19(27)18(26)20(28)22(23)30)24(31-17)33(15-10-6-4-7-11-15)16-12-8-5-9-13-16/h4-14H,1-3H3. The molecule has 0 N–H and O–H groups in total. The van der Waals surface area contributed by atoms with Crippen LogP contribution >= 0.6 is 7.92 Å². The largest absolute Gasteiger partial charge is 0.294 e. The maximum atomic E-state index is 14.9. The molecule has 0 fully saturated rings. The highest BCUT2D eigenvalue weighted by Gasteiger charge is 2.32. The van der Waals surface area contributed by atoms with Crippen molar-refractivity contribution in [2.24, 2.45) is 0 Å². The van der Waals surface area contributed by atoms with Crippen molar-refractivity contribution in [3.05, 3.63) is 102 Å². The van der Waals surface area contributed by atoms with E-state index < -0.39 is 48.1 Å². The lowest BCUT2D eigenvalue weighted by Crippen LogP contribution is -2.28. The van der Waals surface area contributed by atoms with Crippen LogP contribution in [0.15, 0.2) is 66.9 Å². The highest BCUT2D eigenvalue weighted by Crippen LogP contribution is 2.36. The van der Waals surface area contributed by atoms with Crippen molar-refractivity contribution in [1.82, 2.24) is 9.55 Å². The molecule has 0 unspecified atom stereocenters. The Hall–Kier alpha value is -3.05. The van der Waals surface area contributed by atoms with Gasteiger partial charge in [0.05, 0.1) is 5.69 Å². The van der Waals surface area contributed by atoms with Crippen molar-refractivity contribution in [3.63, 3.8) is 0 Å². The fourth-order valence-corrected chi connectivity index (χ4v) is 5.67. The normalized spacial score (nSPS) is 11.9. The van der Waals surface area contributed by atoms with Crippen molar-refractivity contribution < 1.29 is 22.0 Å². The van der Waals surface area contributed by atoms with E-state index in [-0.39, 0.29) is 5.57 Å². The minimum Gasteiger partial charge on any atom is -0.294 e. The Morgan fingerprint density at radius 2 is 1.09 bits per heavy atom. The Balaban J connectivity index is 2.09. The second kappa shape index (κ2) is 8.71. The fraction of sp³-hybridized carbons (Fsp3) is 0.160. The van der Waals surface area contributed by atoms with E-state index in [1.165, 1.54) is 6.20 Å². The molecular weight excluding hydrogens is 454 g/mol. The molecule has 33 heavy (non-hydrogen) atoms. The zero-order valence-corrected chi connectivity index (χ0v) is 19.0. The van der Waals surface area contributed by atoms with Crippen molar-refractivity contribution in [1.29, 1.82) is 0 Å². The number of aromatic nitrogens is 2. The molecule has 0 aliphatic rings. The van der Waals surface area contributed by atoms with Gasteiger partial charge in [0.1, 0.15) is 11.3 Å². The van der Waals surface area contributed by atoms with E-state index in [9.17, 15) is 22.0 Å². The van der Waals surface area contributed by atoms with Crippen LogP contribution in [0.3, 0.4) is 0 Å². The summed E-state index contributed by atoms with van der Waals surface area (Å²) in [5, 5.41) is 1.63. The number of hydrogen-bond acceptors (Lipinski definition) is 1. The van der Waals surface area contributed by atoms with Crippen LogP contribution in [-0.4, -0.2) is 9.55 Å². The smallest absolute Gasteiger partial charge is 0.200 e. The molecule has 2 nitrogen and oxygen atoms in total. The molecule has 4 aromatic rings. The average Bonchev–Trinajstić information content (AvgIpc) is 3.23. The van der Waals surface area contributed by atoms with Crippen molar-refractivity contribution in [2.75, 3.05) is 0 Å². The molecule has 8 heteroatoms. The Morgan fingerprint density at radius 3 is 1.52 bits per heavy atom. The summed E-state index contributed by atoms with van der Waals surface area (Å²) >= 11 is 0. The highest BCUT2D eigenvalue weighted by atomic mass is 31.1. The van der Waals surface area contributed by atoms with Gasteiger partial charge in [-0.2, -0.15) is 0 Å². The molecule has 0 radical (unpaired) electrons. The zero-order chi connectivity index (χ0) is 23.9. The molecule has 1 aromatic heterocycles. The van der Waals surface area contributed by atoms with E-state index >= 15 is 0 Å². The van der Waals surface area contributed by atoms with Gasteiger partial charge in [-0.05, 0) is 10.6 Å². The first kappa shape index (κ1) is 23.1.